The van der Waals surface area contributed by atoms with Gasteiger partial charge in [0, 0.05) is 39.4 Å². The van der Waals surface area contributed by atoms with Crippen LogP contribution in [0.15, 0.2) is 127 Å². The Balaban J connectivity index is 1.22. The molecule has 2 heterocycles. The molecule has 0 radical (unpaired) electrons. The Kier molecular flexibility index (Phi) is 10.3. The normalized spacial score (nSPS) is 19.8. The Bertz CT molecular complexity index is 3430. The van der Waals surface area contributed by atoms with E-state index >= 15 is 0 Å². The maximum Gasteiger partial charge on any atom is 0.252 e. The summed E-state index contributed by atoms with van der Waals surface area (Å²) in [5, 5.41) is 0. The lowest BCUT2D eigenvalue weighted by Gasteiger charge is -2.48. The molecule has 0 spiro atoms. The minimum atomic E-state index is -0.214. The van der Waals surface area contributed by atoms with Crippen molar-refractivity contribution in [2.75, 3.05) is 9.80 Å². The fourth-order valence-electron chi connectivity index (χ4n) is 15.1. The molecule has 3 aliphatic carbocycles. The number of anilines is 6. The third-order valence-corrected chi connectivity index (χ3v) is 19.6. The average molecular weight is 959 g/mol. The van der Waals surface area contributed by atoms with E-state index in [0.29, 0.717) is 0 Å². The summed E-state index contributed by atoms with van der Waals surface area (Å²) in [6.07, 6.45) is 5.84. The molecule has 3 heteroatoms. The monoisotopic (exact) mass is 959 g/mol. The van der Waals surface area contributed by atoms with Crippen molar-refractivity contribution in [3.05, 3.63) is 183 Å². The molecule has 7 aromatic rings. The summed E-state index contributed by atoms with van der Waals surface area (Å²) < 4.78 is 0. The predicted octanol–water partition coefficient (Wildman–Crippen LogP) is 17.0. The second kappa shape index (κ2) is 15.6. The lowest BCUT2D eigenvalue weighted by Crippen LogP contribution is -2.62. The molecule has 0 atom stereocenters. The van der Waals surface area contributed by atoms with Gasteiger partial charge in [-0.15, -0.1) is 0 Å². The van der Waals surface area contributed by atoms with Crippen LogP contribution in [-0.4, -0.2) is 6.71 Å². The molecular weight excluding hydrogens is 880 g/mol. The zero-order valence-corrected chi connectivity index (χ0v) is 47.1. The van der Waals surface area contributed by atoms with Crippen LogP contribution in [0.2, 0.25) is 0 Å². The zero-order valence-electron chi connectivity index (χ0n) is 47.1. The minimum absolute atomic E-state index is 0.0272. The van der Waals surface area contributed by atoms with Gasteiger partial charge in [0.25, 0.3) is 6.71 Å². The molecule has 0 saturated carbocycles. The van der Waals surface area contributed by atoms with Crippen LogP contribution in [0.4, 0.5) is 34.1 Å². The van der Waals surface area contributed by atoms with E-state index in [-0.39, 0.29) is 44.6 Å². The fourth-order valence-corrected chi connectivity index (χ4v) is 15.1. The Labute approximate surface area is 439 Å². The highest BCUT2D eigenvalue weighted by atomic mass is 15.2. The summed E-state index contributed by atoms with van der Waals surface area (Å²) in [6, 6.07) is 50.8. The molecule has 0 bridgehead atoms. The van der Waals surface area contributed by atoms with Gasteiger partial charge in [0.05, 0.1) is 5.69 Å². The molecular formula is C70H79BN2. The highest BCUT2D eigenvalue weighted by molar-refractivity contribution is 7.00. The summed E-state index contributed by atoms with van der Waals surface area (Å²) in [7, 11) is 0. The van der Waals surface area contributed by atoms with Gasteiger partial charge in [-0.05, 0) is 198 Å². The van der Waals surface area contributed by atoms with E-state index in [2.05, 4.69) is 248 Å². The maximum atomic E-state index is 2.75. The number of hydrogen-bond acceptors (Lipinski definition) is 2. The van der Waals surface area contributed by atoms with Crippen molar-refractivity contribution < 1.29 is 0 Å². The van der Waals surface area contributed by atoms with Crippen molar-refractivity contribution in [1.82, 2.24) is 0 Å². The molecule has 0 N–H and O–H groups in total. The molecule has 5 aliphatic rings. The second-order valence-corrected chi connectivity index (χ2v) is 28.0. The summed E-state index contributed by atoms with van der Waals surface area (Å²) in [4.78, 5) is 5.48. The number of fused-ring (bicyclic) bond motifs is 7. The zero-order chi connectivity index (χ0) is 51.7. The summed E-state index contributed by atoms with van der Waals surface area (Å²) in [5.41, 5.74) is 29.0. The number of aryl methyl sites for hydroxylation is 2. The Morgan fingerprint density at radius 3 is 1.34 bits per heavy atom. The highest BCUT2D eigenvalue weighted by Gasteiger charge is 2.50. The quantitative estimate of drug-likeness (QED) is 0.159. The Morgan fingerprint density at radius 2 is 0.822 bits per heavy atom. The third-order valence-electron chi connectivity index (χ3n) is 19.6. The first-order valence-electron chi connectivity index (χ1n) is 27.8. The summed E-state index contributed by atoms with van der Waals surface area (Å²) >= 11 is 0. The molecule has 372 valence electrons. The highest BCUT2D eigenvalue weighted by Crippen LogP contribution is 2.56. The number of hydrogen-bond donors (Lipinski definition) is 0. The van der Waals surface area contributed by atoms with E-state index < -0.39 is 0 Å². The van der Waals surface area contributed by atoms with Crippen molar-refractivity contribution in [3.8, 4) is 11.1 Å². The molecule has 73 heavy (non-hydrogen) atoms. The maximum absolute atomic E-state index is 2.75. The van der Waals surface area contributed by atoms with Gasteiger partial charge in [0.1, 0.15) is 0 Å². The van der Waals surface area contributed by atoms with Crippen molar-refractivity contribution in [1.29, 1.82) is 0 Å². The number of nitrogens with zero attached hydrogens (tertiary/aromatic N) is 2. The van der Waals surface area contributed by atoms with Crippen LogP contribution in [0.5, 0.6) is 0 Å². The van der Waals surface area contributed by atoms with Crippen molar-refractivity contribution >= 4 is 57.2 Å². The second-order valence-electron chi connectivity index (χ2n) is 28.0. The number of benzene rings is 7. The van der Waals surface area contributed by atoms with Crippen LogP contribution in [-0.2, 0) is 37.9 Å². The molecule has 2 nitrogen and oxygen atoms in total. The molecule has 2 aliphatic heterocycles. The topological polar surface area (TPSA) is 6.48 Å². The van der Waals surface area contributed by atoms with Gasteiger partial charge in [-0.25, -0.2) is 0 Å². The van der Waals surface area contributed by atoms with Gasteiger partial charge in [0.15, 0.2) is 0 Å². The first-order valence-corrected chi connectivity index (χ1v) is 27.8. The molecule has 0 aromatic heterocycles. The van der Waals surface area contributed by atoms with Crippen LogP contribution in [0.3, 0.4) is 0 Å². The average Bonchev–Trinajstić information content (AvgIpc) is 3.52. The minimum Gasteiger partial charge on any atom is -0.311 e. The fraction of sp³-hybridized carbons (Fsp3) is 0.400. The van der Waals surface area contributed by atoms with Crippen LogP contribution in [0.25, 0.3) is 11.1 Å². The molecule has 0 unspecified atom stereocenters. The standard InChI is InChI=1S/C70H79BN2/c1-43-33-61-63-62(34-43)73(58-39-52-49(35-44(58)2)64(3,4)29-31-66(52,7)8)60-41-54-51(68(11,12)42-69(54,13)14)38-56(60)71(63)55-37-50-53(67(9,10)32-30-65(50,5)6)40-59(55)72(61)57-28-27-47(36-48(57)45-23-19-17-20-24-45)70(15,16)46-25-21-18-22-26-46/h17-28,33-41H,29-32,42H2,1-16H3. The lowest BCUT2D eigenvalue weighted by molar-refractivity contribution is 0.332. The van der Waals surface area contributed by atoms with Gasteiger partial charge < -0.3 is 9.80 Å². The molecule has 7 aromatic carbocycles. The van der Waals surface area contributed by atoms with Crippen LogP contribution in [0, 0.1) is 13.8 Å². The van der Waals surface area contributed by atoms with Crippen LogP contribution >= 0.6 is 0 Å². The van der Waals surface area contributed by atoms with Gasteiger partial charge in [-0.2, -0.15) is 0 Å². The molecule has 12 rings (SSSR count). The van der Waals surface area contributed by atoms with Crippen molar-refractivity contribution in [2.45, 2.75) is 181 Å². The first kappa shape index (κ1) is 48.2. The molecule has 0 amide bonds. The van der Waals surface area contributed by atoms with E-state index in [1.165, 1.54) is 137 Å². The van der Waals surface area contributed by atoms with E-state index in [9.17, 15) is 0 Å². The predicted molar refractivity (Wildman–Crippen MR) is 315 cm³/mol. The number of rotatable bonds is 5. The van der Waals surface area contributed by atoms with Crippen LogP contribution in [0.1, 0.15) is 185 Å². The van der Waals surface area contributed by atoms with E-state index in [0.717, 1.165) is 12.8 Å². The summed E-state index contributed by atoms with van der Waals surface area (Å²) in [5.74, 6) is 0. The van der Waals surface area contributed by atoms with E-state index in [4.69, 9.17) is 0 Å². The smallest absolute Gasteiger partial charge is 0.252 e. The Morgan fingerprint density at radius 1 is 0.397 bits per heavy atom. The largest absolute Gasteiger partial charge is 0.311 e. The SMILES string of the molecule is Cc1cc2c3c(c1)N(c1ccc(C(C)(C)c4ccccc4)cc1-c1ccccc1)c1cc4c(cc1B3c1cc3c(cc1N2c1cc2c(cc1C)C(C)(C)CCC2(C)C)C(C)(C)CC3(C)C)C(C)(C)CCC4(C)C. The lowest BCUT2D eigenvalue weighted by atomic mass is 9.32. The Hall–Kier alpha value is -5.80. The summed E-state index contributed by atoms with van der Waals surface area (Å²) in [6.45, 7) is 39.4. The van der Waals surface area contributed by atoms with Gasteiger partial charge in [0.2, 0.25) is 0 Å². The van der Waals surface area contributed by atoms with Gasteiger partial charge in [-0.1, -0.05) is 182 Å². The van der Waals surface area contributed by atoms with Crippen molar-refractivity contribution in [2.24, 2.45) is 0 Å². The van der Waals surface area contributed by atoms with Crippen molar-refractivity contribution in [3.63, 3.8) is 0 Å². The first-order chi connectivity index (χ1) is 34.2. The molecule has 0 fully saturated rings. The molecule has 0 saturated heterocycles. The van der Waals surface area contributed by atoms with Gasteiger partial charge in [-0.3, -0.25) is 0 Å². The van der Waals surface area contributed by atoms with E-state index in [1.54, 1.807) is 0 Å². The third kappa shape index (κ3) is 7.16. The van der Waals surface area contributed by atoms with Crippen LogP contribution < -0.4 is 26.2 Å². The van der Waals surface area contributed by atoms with E-state index in [1.807, 2.05) is 0 Å². The van der Waals surface area contributed by atoms with Gasteiger partial charge >= 0.3 is 0 Å².